The highest BCUT2D eigenvalue weighted by molar-refractivity contribution is 5.72. The Morgan fingerprint density at radius 1 is 1.09 bits per heavy atom. The fourth-order valence-electron chi connectivity index (χ4n) is 3.77. The first-order valence-electron chi connectivity index (χ1n) is 7.50. The van der Waals surface area contributed by atoms with Crippen LogP contribution in [0.3, 0.4) is 0 Å². The van der Waals surface area contributed by atoms with Gasteiger partial charge in [-0.15, -0.1) is 0 Å². The number of benzene rings is 2. The third-order valence-corrected chi connectivity index (χ3v) is 5.08. The topological polar surface area (TPSA) is 32.7 Å². The van der Waals surface area contributed by atoms with E-state index in [0.717, 1.165) is 11.3 Å². The maximum absolute atomic E-state index is 9.64. The van der Waals surface area contributed by atoms with Crippen LogP contribution < -0.4 is 9.64 Å². The summed E-state index contributed by atoms with van der Waals surface area (Å²) in [5.41, 5.74) is 2.64. The van der Waals surface area contributed by atoms with Crippen LogP contribution >= 0.6 is 0 Å². The molecule has 0 fully saturated rings. The van der Waals surface area contributed by atoms with E-state index in [1.165, 1.54) is 11.3 Å². The maximum atomic E-state index is 9.64. The van der Waals surface area contributed by atoms with Crippen molar-refractivity contribution in [1.82, 2.24) is 0 Å². The molecule has 0 aliphatic carbocycles. The number of likely N-dealkylation sites (N-methyl/N-ethyl adjacent to an activating group) is 1. The Kier molecular flexibility index (Phi) is 2.45. The van der Waals surface area contributed by atoms with E-state index in [0.29, 0.717) is 0 Å². The molecule has 0 aromatic heterocycles. The van der Waals surface area contributed by atoms with Gasteiger partial charge in [-0.25, -0.2) is 0 Å². The second-order valence-corrected chi connectivity index (χ2v) is 6.56. The molecular formula is C19H19NO2. The lowest BCUT2D eigenvalue weighted by atomic mass is 9.76. The van der Waals surface area contributed by atoms with E-state index in [2.05, 4.69) is 56.1 Å². The number of fused-ring (bicyclic) bond motifs is 2. The summed E-state index contributed by atoms with van der Waals surface area (Å²) < 4.78 is 6.47. The normalized spacial score (nSPS) is 24.0. The molecule has 1 atom stereocenters. The van der Waals surface area contributed by atoms with Crippen LogP contribution in [0.2, 0.25) is 0 Å². The number of ether oxygens (including phenoxy) is 1. The minimum Gasteiger partial charge on any atom is -0.508 e. The summed E-state index contributed by atoms with van der Waals surface area (Å²) >= 11 is 0. The van der Waals surface area contributed by atoms with Gasteiger partial charge in [0.1, 0.15) is 11.5 Å². The van der Waals surface area contributed by atoms with E-state index in [1.807, 2.05) is 12.1 Å². The van der Waals surface area contributed by atoms with Gasteiger partial charge in [0, 0.05) is 18.3 Å². The van der Waals surface area contributed by atoms with Crippen LogP contribution in [0, 0.1) is 0 Å². The summed E-state index contributed by atoms with van der Waals surface area (Å²) in [6.45, 7) is 4.43. The van der Waals surface area contributed by atoms with Crippen molar-refractivity contribution in [1.29, 1.82) is 0 Å². The van der Waals surface area contributed by atoms with Crippen molar-refractivity contribution in [3.63, 3.8) is 0 Å². The summed E-state index contributed by atoms with van der Waals surface area (Å²) in [5.74, 6) is 1.05. The van der Waals surface area contributed by atoms with Crippen LogP contribution in [0.25, 0.3) is 6.08 Å². The lowest BCUT2D eigenvalue weighted by Gasteiger charge is -2.45. The molecule has 22 heavy (non-hydrogen) atoms. The zero-order valence-corrected chi connectivity index (χ0v) is 13.0. The predicted molar refractivity (Wildman–Crippen MR) is 88.4 cm³/mol. The third-order valence-electron chi connectivity index (χ3n) is 5.08. The summed E-state index contributed by atoms with van der Waals surface area (Å²) in [6, 6.07) is 13.7. The van der Waals surface area contributed by atoms with Gasteiger partial charge in [-0.2, -0.15) is 0 Å². The molecule has 4 rings (SSSR count). The van der Waals surface area contributed by atoms with Crippen molar-refractivity contribution in [3.05, 3.63) is 59.7 Å². The number of para-hydroxylation sites is 1. The van der Waals surface area contributed by atoms with Gasteiger partial charge in [-0.1, -0.05) is 18.2 Å². The first-order valence-corrected chi connectivity index (χ1v) is 7.50. The molecule has 2 aromatic rings. The van der Waals surface area contributed by atoms with Gasteiger partial charge in [0.25, 0.3) is 0 Å². The third kappa shape index (κ3) is 1.46. The molecule has 0 bridgehead atoms. The van der Waals surface area contributed by atoms with Crippen molar-refractivity contribution in [2.75, 3.05) is 11.9 Å². The van der Waals surface area contributed by atoms with Crippen LogP contribution in [-0.2, 0) is 5.41 Å². The summed E-state index contributed by atoms with van der Waals surface area (Å²) in [5, 5.41) is 9.64. The number of phenolic OH excluding ortho intramolecular Hbond substituents is 1. The lowest BCUT2D eigenvalue weighted by Crippen LogP contribution is -2.58. The molecule has 2 aliphatic heterocycles. The van der Waals surface area contributed by atoms with Crippen LogP contribution in [0.4, 0.5) is 5.69 Å². The van der Waals surface area contributed by atoms with E-state index in [-0.39, 0.29) is 11.2 Å². The Balaban J connectivity index is 1.89. The summed E-state index contributed by atoms with van der Waals surface area (Å²) in [6.07, 6.45) is 4.15. The Labute approximate surface area is 130 Å². The standard InChI is InChI=1S/C19H19NO2/c1-18(2)15-6-4-5-7-16(15)20(3)19(18)11-10-13-12-14(21)8-9-17(13)22-19/h4-12,21H,1-3H3/t19-/m0/s1. The first kappa shape index (κ1) is 13.3. The number of nitrogens with zero attached hydrogens (tertiary/aromatic N) is 1. The minimum absolute atomic E-state index is 0.190. The fraction of sp³-hybridized carbons (Fsp3) is 0.263. The van der Waals surface area contributed by atoms with E-state index < -0.39 is 5.72 Å². The van der Waals surface area contributed by atoms with Crippen molar-refractivity contribution in [2.45, 2.75) is 25.0 Å². The van der Waals surface area contributed by atoms with E-state index in [9.17, 15) is 5.11 Å². The second-order valence-electron chi connectivity index (χ2n) is 6.56. The Hall–Kier alpha value is -2.42. The van der Waals surface area contributed by atoms with Gasteiger partial charge >= 0.3 is 0 Å². The average Bonchev–Trinajstić information content (AvgIpc) is 2.67. The first-order chi connectivity index (χ1) is 10.5. The number of rotatable bonds is 0. The van der Waals surface area contributed by atoms with Gasteiger partial charge < -0.3 is 14.7 Å². The molecule has 1 N–H and O–H groups in total. The number of aromatic hydroxyl groups is 1. The molecule has 2 heterocycles. The number of hydrogen-bond acceptors (Lipinski definition) is 3. The van der Waals surface area contributed by atoms with Crippen molar-refractivity contribution < 1.29 is 9.84 Å². The average molecular weight is 293 g/mol. The molecule has 112 valence electrons. The molecule has 2 aromatic carbocycles. The zero-order valence-electron chi connectivity index (χ0n) is 13.0. The van der Waals surface area contributed by atoms with Gasteiger partial charge in [0.05, 0.1) is 5.41 Å². The molecule has 2 aliphatic rings. The highest BCUT2D eigenvalue weighted by Gasteiger charge is 2.57. The molecule has 0 unspecified atom stereocenters. The molecule has 3 heteroatoms. The molecule has 0 radical (unpaired) electrons. The molecule has 0 saturated carbocycles. The summed E-state index contributed by atoms with van der Waals surface area (Å²) in [4.78, 5) is 2.20. The highest BCUT2D eigenvalue weighted by atomic mass is 16.5. The monoisotopic (exact) mass is 293 g/mol. The SMILES string of the molecule is CN1c2ccccc2C(C)(C)[C@@]12C=Cc1cc(O)ccc1O2. The van der Waals surface area contributed by atoms with Crippen molar-refractivity contribution >= 4 is 11.8 Å². The number of phenols is 1. The molecular weight excluding hydrogens is 274 g/mol. The Bertz CT molecular complexity index is 794. The van der Waals surface area contributed by atoms with E-state index >= 15 is 0 Å². The minimum atomic E-state index is -0.555. The zero-order chi connectivity index (χ0) is 15.5. The maximum Gasteiger partial charge on any atom is 0.211 e. The molecule has 0 saturated heterocycles. The largest absolute Gasteiger partial charge is 0.508 e. The Morgan fingerprint density at radius 3 is 2.64 bits per heavy atom. The van der Waals surface area contributed by atoms with Crippen LogP contribution in [-0.4, -0.2) is 17.9 Å². The van der Waals surface area contributed by atoms with Crippen LogP contribution in [0.5, 0.6) is 11.5 Å². The van der Waals surface area contributed by atoms with Crippen LogP contribution in [0.15, 0.2) is 48.5 Å². The van der Waals surface area contributed by atoms with E-state index in [1.54, 1.807) is 12.1 Å². The summed E-state index contributed by atoms with van der Waals surface area (Å²) in [7, 11) is 2.07. The van der Waals surface area contributed by atoms with Gasteiger partial charge in [-0.3, -0.25) is 0 Å². The highest BCUT2D eigenvalue weighted by Crippen LogP contribution is 2.54. The molecule has 0 amide bonds. The van der Waals surface area contributed by atoms with Crippen molar-refractivity contribution in [2.24, 2.45) is 0 Å². The van der Waals surface area contributed by atoms with Gasteiger partial charge in [-0.05, 0) is 55.8 Å². The predicted octanol–water partition coefficient (Wildman–Crippen LogP) is 3.92. The molecule has 3 nitrogen and oxygen atoms in total. The van der Waals surface area contributed by atoms with E-state index in [4.69, 9.17) is 4.74 Å². The lowest BCUT2D eigenvalue weighted by molar-refractivity contribution is 0.0581. The smallest absolute Gasteiger partial charge is 0.211 e. The number of hydrogen-bond donors (Lipinski definition) is 1. The van der Waals surface area contributed by atoms with Crippen molar-refractivity contribution in [3.8, 4) is 11.5 Å². The van der Waals surface area contributed by atoms with Gasteiger partial charge in [0.15, 0.2) is 0 Å². The Morgan fingerprint density at radius 2 is 1.86 bits per heavy atom. The fourth-order valence-corrected chi connectivity index (χ4v) is 3.77. The van der Waals surface area contributed by atoms with Gasteiger partial charge in [0.2, 0.25) is 5.72 Å². The molecule has 1 spiro atoms. The van der Waals surface area contributed by atoms with Crippen LogP contribution in [0.1, 0.15) is 25.0 Å². The quantitative estimate of drug-likeness (QED) is 0.799. The number of anilines is 1. The second kappa shape index (κ2) is 4.07.